The lowest BCUT2D eigenvalue weighted by Gasteiger charge is -2.18. The Morgan fingerprint density at radius 1 is 1.26 bits per heavy atom. The maximum absolute atomic E-state index is 11.9. The number of nitrogens with zero attached hydrogens (tertiary/aromatic N) is 3. The standard InChI is InChI=1S/C17H19N5O/c1-21-10-15(22(2)20-21)12-5-6-13-9-18-16(8-14(13)7-12)19-17(23)11-3-4-11/h5-11,20H,3-4H2,1-2H3,(H,18,19,23). The zero-order valence-corrected chi connectivity index (χ0v) is 13.2. The molecule has 1 aliphatic heterocycles. The predicted molar refractivity (Wildman–Crippen MR) is 89.7 cm³/mol. The molecule has 1 amide bonds. The van der Waals surface area contributed by atoms with Crippen molar-refractivity contribution in [2.45, 2.75) is 12.8 Å². The van der Waals surface area contributed by atoms with E-state index in [0.29, 0.717) is 5.82 Å². The lowest BCUT2D eigenvalue weighted by Crippen LogP contribution is -2.35. The van der Waals surface area contributed by atoms with Gasteiger partial charge in [-0.15, -0.1) is 5.53 Å². The molecule has 2 N–H and O–H groups in total. The predicted octanol–water partition coefficient (Wildman–Crippen LogP) is 2.18. The molecule has 2 aliphatic rings. The van der Waals surface area contributed by atoms with E-state index in [1.165, 1.54) is 0 Å². The van der Waals surface area contributed by atoms with Gasteiger partial charge < -0.3 is 5.32 Å². The van der Waals surface area contributed by atoms with E-state index in [9.17, 15) is 4.79 Å². The minimum atomic E-state index is 0.0806. The summed E-state index contributed by atoms with van der Waals surface area (Å²) in [7, 11) is 3.94. The highest BCUT2D eigenvalue weighted by molar-refractivity contribution is 5.95. The molecule has 118 valence electrons. The van der Waals surface area contributed by atoms with Gasteiger partial charge >= 0.3 is 0 Å². The lowest BCUT2D eigenvalue weighted by molar-refractivity contribution is -0.117. The van der Waals surface area contributed by atoms with Crippen LogP contribution in [0.2, 0.25) is 0 Å². The molecule has 1 fully saturated rings. The van der Waals surface area contributed by atoms with Crippen molar-refractivity contribution in [1.82, 2.24) is 20.5 Å². The van der Waals surface area contributed by atoms with Gasteiger partial charge in [-0.3, -0.25) is 14.8 Å². The van der Waals surface area contributed by atoms with Crippen LogP contribution in [-0.4, -0.2) is 35.0 Å². The van der Waals surface area contributed by atoms with Crippen LogP contribution in [0.5, 0.6) is 0 Å². The Labute approximate surface area is 134 Å². The van der Waals surface area contributed by atoms with Crippen LogP contribution >= 0.6 is 0 Å². The quantitative estimate of drug-likeness (QED) is 0.910. The monoisotopic (exact) mass is 309 g/mol. The average molecular weight is 309 g/mol. The molecule has 0 atom stereocenters. The molecule has 23 heavy (non-hydrogen) atoms. The van der Waals surface area contributed by atoms with Gasteiger partial charge in [0.25, 0.3) is 0 Å². The molecule has 4 rings (SSSR count). The Morgan fingerprint density at radius 2 is 2.09 bits per heavy atom. The molecule has 0 bridgehead atoms. The third-order valence-electron chi connectivity index (χ3n) is 4.20. The summed E-state index contributed by atoms with van der Waals surface area (Å²) in [4.78, 5) is 16.2. The van der Waals surface area contributed by atoms with Crippen LogP contribution in [0.3, 0.4) is 0 Å². The number of hydrazine groups is 2. The van der Waals surface area contributed by atoms with E-state index in [2.05, 4.69) is 34.0 Å². The summed E-state index contributed by atoms with van der Waals surface area (Å²) in [6.07, 6.45) is 5.83. The SMILES string of the molecule is CN1C=C(c2ccc3cnc(NC(=O)C4CC4)cc3c2)N(C)N1. The molecule has 0 saturated heterocycles. The number of amides is 1. The number of anilines is 1. The Bertz CT molecular complexity index is 812. The number of fused-ring (bicyclic) bond motifs is 1. The smallest absolute Gasteiger partial charge is 0.228 e. The van der Waals surface area contributed by atoms with E-state index in [-0.39, 0.29) is 11.8 Å². The number of hydrogen-bond donors (Lipinski definition) is 2. The van der Waals surface area contributed by atoms with E-state index < -0.39 is 0 Å². The van der Waals surface area contributed by atoms with Crippen LogP contribution in [0, 0.1) is 5.92 Å². The van der Waals surface area contributed by atoms with Crippen LogP contribution in [-0.2, 0) is 4.79 Å². The Balaban J connectivity index is 1.66. The third-order valence-corrected chi connectivity index (χ3v) is 4.20. The van der Waals surface area contributed by atoms with Crippen LogP contribution in [0.1, 0.15) is 18.4 Å². The number of hydrogen-bond acceptors (Lipinski definition) is 5. The first kappa shape index (κ1) is 14.0. The van der Waals surface area contributed by atoms with Gasteiger partial charge in [0.2, 0.25) is 5.91 Å². The molecule has 1 saturated carbocycles. The largest absolute Gasteiger partial charge is 0.310 e. The molecule has 2 heterocycles. The summed E-state index contributed by atoms with van der Waals surface area (Å²) < 4.78 is 0. The molecular formula is C17H19N5O. The van der Waals surface area contributed by atoms with Crippen LogP contribution in [0.4, 0.5) is 5.82 Å². The van der Waals surface area contributed by atoms with E-state index in [0.717, 1.165) is 34.9 Å². The van der Waals surface area contributed by atoms with Gasteiger partial charge in [0.15, 0.2) is 0 Å². The lowest BCUT2D eigenvalue weighted by atomic mass is 10.1. The van der Waals surface area contributed by atoms with E-state index in [1.54, 1.807) is 6.20 Å². The van der Waals surface area contributed by atoms with Gasteiger partial charge in [0.05, 0.1) is 5.70 Å². The molecule has 6 heteroatoms. The number of carbonyl (C=O) groups is 1. The molecule has 1 aliphatic carbocycles. The van der Waals surface area contributed by atoms with Crippen molar-refractivity contribution >= 4 is 28.2 Å². The number of nitrogens with one attached hydrogen (secondary N) is 2. The van der Waals surface area contributed by atoms with E-state index >= 15 is 0 Å². The fourth-order valence-electron chi connectivity index (χ4n) is 2.80. The summed E-state index contributed by atoms with van der Waals surface area (Å²) in [6.45, 7) is 0. The zero-order chi connectivity index (χ0) is 16.0. The molecule has 0 radical (unpaired) electrons. The molecule has 0 unspecified atom stereocenters. The van der Waals surface area contributed by atoms with E-state index in [4.69, 9.17) is 0 Å². The van der Waals surface area contributed by atoms with Crippen molar-refractivity contribution in [2.75, 3.05) is 19.4 Å². The van der Waals surface area contributed by atoms with Crippen molar-refractivity contribution in [2.24, 2.45) is 5.92 Å². The average Bonchev–Trinajstić information content (AvgIpc) is 3.32. The first-order valence-corrected chi connectivity index (χ1v) is 7.76. The Hall–Kier alpha value is -2.60. The molecule has 1 aromatic carbocycles. The van der Waals surface area contributed by atoms with Crippen molar-refractivity contribution in [3.05, 3.63) is 42.2 Å². The fourth-order valence-corrected chi connectivity index (χ4v) is 2.80. The number of carbonyl (C=O) groups excluding carboxylic acids is 1. The minimum Gasteiger partial charge on any atom is -0.310 e. The normalized spacial score (nSPS) is 17.6. The third kappa shape index (κ3) is 2.73. The van der Waals surface area contributed by atoms with Crippen molar-refractivity contribution in [3.8, 4) is 0 Å². The minimum absolute atomic E-state index is 0.0806. The number of pyridine rings is 1. The number of benzene rings is 1. The summed E-state index contributed by atoms with van der Waals surface area (Å²) in [5.74, 6) is 0.880. The van der Waals surface area contributed by atoms with Crippen molar-refractivity contribution in [1.29, 1.82) is 0 Å². The van der Waals surface area contributed by atoms with E-state index in [1.807, 2.05) is 36.4 Å². The maximum Gasteiger partial charge on any atom is 0.228 e. The Kier molecular flexibility index (Phi) is 3.20. The van der Waals surface area contributed by atoms with Crippen LogP contribution < -0.4 is 10.9 Å². The van der Waals surface area contributed by atoms with Gasteiger partial charge in [-0.25, -0.2) is 4.98 Å². The highest BCUT2D eigenvalue weighted by atomic mass is 16.2. The summed E-state index contributed by atoms with van der Waals surface area (Å²) in [5, 5.41) is 8.90. The fraction of sp³-hybridized carbons (Fsp3) is 0.294. The first-order chi connectivity index (χ1) is 11.1. The highest BCUT2D eigenvalue weighted by Gasteiger charge is 2.29. The van der Waals surface area contributed by atoms with Gasteiger partial charge in [0, 0.05) is 43.4 Å². The molecule has 0 spiro atoms. The van der Waals surface area contributed by atoms with Gasteiger partial charge in [-0.2, -0.15) is 0 Å². The highest BCUT2D eigenvalue weighted by Crippen LogP contribution is 2.30. The van der Waals surface area contributed by atoms with Gasteiger partial charge in [0.1, 0.15) is 5.82 Å². The van der Waals surface area contributed by atoms with Crippen molar-refractivity contribution < 1.29 is 4.79 Å². The first-order valence-electron chi connectivity index (χ1n) is 7.76. The Morgan fingerprint density at radius 3 is 2.78 bits per heavy atom. The topological polar surface area (TPSA) is 60.5 Å². The number of aromatic nitrogens is 1. The maximum atomic E-state index is 11.9. The van der Waals surface area contributed by atoms with Gasteiger partial charge in [-0.1, -0.05) is 12.1 Å². The van der Waals surface area contributed by atoms with Crippen LogP contribution in [0.15, 0.2) is 36.7 Å². The second-order valence-electron chi connectivity index (χ2n) is 6.18. The molecule has 2 aromatic rings. The zero-order valence-electron chi connectivity index (χ0n) is 13.2. The summed E-state index contributed by atoms with van der Waals surface area (Å²) in [6, 6.07) is 8.19. The molecule has 1 aromatic heterocycles. The van der Waals surface area contributed by atoms with Crippen molar-refractivity contribution in [3.63, 3.8) is 0 Å². The van der Waals surface area contributed by atoms with Crippen LogP contribution in [0.25, 0.3) is 16.5 Å². The summed E-state index contributed by atoms with van der Waals surface area (Å²) in [5.41, 5.74) is 5.38. The molecule has 6 nitrogen and oxygen atoms in total. The van der Waals surface area contributed by atoms with Gasteiger partial charge in [-0.05, 0) is 30.4 Å². The number of rotatable bonds is 3. The second kappa shape index (κ2) is 5.24. The second-order valence-corrected chi connectivity index (χ2v) is 6.18. The summed E-state index contributed by atoms with van der Waals surface area (Å²) >= 11 is 0. The molecular weight excluding hydrogens is 290 g/mol.